The van der Waals surface area contributed by atoms with Crippen LogP contribution >= 0.6 is 11.6 Å². The molecule has 1 aromatic carbocycles. The number of aromatic nitrogens is 3. The number of imidazole rings is 1. The Hall–Kier alpha value is -2.27. The van der Waals surface area contributed by atoms with Gasteiger partial charge >= 0.3 is 0 Å². The predicted octanol–water partition coefficient (Wildman–Crippen LogP) is 3.19. The van der Waals surface area contributed by atoms with Crippen molar-refractivity contribution in [3.8, 4) is 0 Å². The predicted molar refractivity (Wildman–Crippen MR) is 78.0 cm³/mol. The Morgan fingerprint density at radius 1 is 1.33 bits per heavy atom. The first kappa shape index (κ1) is 13.7. The molecule has 21 heavy (non-hydrogen) atoms. The van der Waals surface area contributed by atoms with Gasteiger partial charge in [0, 0.05) is 25.2 Å². The maximum atomic E-state index is 13.1. The molecule has 0 fully saturated rings. The lowest BCUT2D eigenvalue weighted by molar-refractivity contribution is 0.0994. The largest absolute Gasteiger partial charge is 0.318 e. The summed E-state index contributed by atoms with van der Waals surface area (Å²) >= 11 is 5.73. The number of carbonyl (C=O) groups is 1. The van der Waals surface area contributed by atoms with Gasteiger partial charge in [0.1, 0.15) is 11.3 Å². The maximum absolute atomic E-state index is 13.1. The Labute approximate surface area is 125 Å². The summed E-state index contributed by atoms with van der Waals surface area (Å²) in [6, 6.07) is 5.91. The van der Waals surface area contributed by atoms with E-state index in [1.54, 1.807) is 29.2 Å². The molecule has 4 nitrogen and oxygen atoms in total. The zero-order valence-electron chi connectivity index (χ0n) is 11.2. The van der Waals surface area contributed by atoms with Crippen molar-refractivity contribution in [1.29, 1.82) is 0 Å². The second kappa shape index (κ2) is 5.26. The fourth-order valence-electron chi connectivity index (χ4n) is 2.18. The van der Waals surface area contributed by atoms with E-state index in [0.717, 1.165) is 0 Å². The molecule has 0 aliphatic rings. The Kier molecular flexibility index (Phi) is 3.43. The van der Waals surface area contributed by atoms with Crippen LogP contribution in [-0.4, -0.2) is 20.3 Å². The van der Waals surface area contributed by atoms with Crippen molar-refractivity contribution in [2.45, 2.75) is 6.42 Å². The molecule has 0 spiro atoms. The highest BCUT2D eigenvalue weighted by Crippen LogP contribution is 2.20. The van der Waals surface area contributed by atoms with Crippen molar-refractivity contribution in [3.63, 3.8) is 0 Å². The quantitative estimate of drug-likeness (QED) is 0.698. The monoisotopic (exact) mass is 303 g/mol. The lowest BCUT2D eigenvalue weighted by atomic mass is 10.0. The molecule has 0 radical (unpaired) electrons. The van der Waals surface area contributed by atoms with E-state index in [9.17, 15) is 9.18 Å². The van der Waals surface area contributed by atoms with Crippen molar-refractivity contribution < 1.29 is 9.18 Å². The van der Waals surface area contributed by atoms with E-state index < -0.39 is 5.82 Å². The van der Waals surface area contributed by atoms with Crippen LogP contribution in [0.5, 0.6) is 0 Å². The Morgan fingerprint density at radius 2 is 2.14 bits per heavy atom. The average Bonchev–Trinajstić information content (AvgIpc) is 2.85. The van der Waals surface area contributed by atoms with E-state index in [1.165, 1.54) is 12.1 Å². The fraction of sp³-hybridized carbons (Fsp3) is 0.133. The minimum absolute atomic E-state index is 0.0120. The van der Waals surface area contributed by atoms with Gasteiger partial charge in [-0.15, -0.1) is 0 Å². The second-order valence-electron chi connectivity index (χ2n) is 4.73. The van der Waals surface area contributed by atoms with Crippen LogP contribution in [0.3, 0.4) is 0 Å². The van der Waals surface area contributed by atoms with Gasteiger partial charge in [0.25, 0.3) is 0 Å². The van der Waals surface area contributed by atoms with Crippen molar-refractivity contribution in [2.75, 3.05) is 0 Å². The summed E-state index contributed by atoms with van der Waals surface area (Å²) in [5, 5.41) is 0.0120. The van der Waals surface area contributed by atoms with Gasteiger partial charge in [0.2, 0.25) is 0 Å². The van der Waals surface area contributed by atoms with Crippen LogP contribution in [0.15, 0.2) is 36.8 Å². The first-order chi connectivity index (χ1) is 10.1. The number of carbonyl (C=O) groups excluding carboxylic acids is 1. The number of pyridine rings is 1. The molecule has 3 aromatic rings. The van der Waals surface area contributed by atoms with E-state index in [1.807, 2.05) is 7.05 Å². The zero-order valence-corrected chi connectivity index (χ0v) is 11.9. The number of hydrogen-bond acceptors (Lipinski definition) is 3. The molecule has 0 aliphatic carbocycles. The standard InChI is InChI=1S/C15H11ClFN3O/c1-20-8-19-14-10(4-5-18-15(14)20)13(21)7-9-2-3-12(17)11(16)6-9/h2-6,8H,7H2,1H3. The SMILES string of the molecule is Cn1cnc2c(C(=O)Cc3ccc(F)c(Cl)c3)ccnc21. The smallest absolute Gasteiger partial charge is 0.169 e. The number of halogens is 2. The molecule has 0 unspecified atom stereocenters. The molecule has 0 saturated heterocycles. The van der Waals surface area contributed by atoms with Gasteiger partial charge in [-0.25, -0.2) is 14.4 Å². The van der Waals surface area contributed by atoms with Gasteiger partial charge in [-0.2, -0.15) is 0 Å². The Bertz CT molecular complexity index is 844. The van der Waals surface area contributed by atoms with Gasteiger partial charge in [-0.05, 0) is 23.8 Å². The molecule has 3 rings (SSSR count). The average molecular weight is 304 g/mol. The third kappa shape index (κ3) is 2.52. The Balaban J connectivity index is 1.95. The summed E-state index contributed by atoms with van der Waals surface area (Å²) in [5.74, 6) is -0.604. The van der Waals surface area contributed by atoms with Crippen LogP contribution in [0.25, 0.3) is 11.2 Å². The summed E-state index contributed by atoms with van der Waals surface area (Å²) < 4.78 is 14.9. The molecule has 0 N–H and O–H groups in total. The fourth-order valence-corrected chi connectivity index (χ4v) is 2.39. The normalized spacial score (nSPS) is 11.0. The summed E-state index contributed by atoms with van der Waals surface area (Å²) in [5.41, 5.74) is 2.38. The van der Waals surface area contributed by atoms with Crippen LogP contribution in [0.4, 0.5) is 4.39 Å². The van der Waals surface area contributed by atoms with Crippen molar-refractivity contribution in [2.24, 2.45) is 7.05 Å². The third-order valence-electron chi connectivity index (χ3n) is 3.25. The molecule has 0 amide bonds. The molecular formula is C15H11ClFN3O. The van der Waals surface area contributed by atoms with Crippen LogP contribution in [0, 0.1) is 5.82 Å². The summed E-state index contributed by atoms with van der Waals surface area (Å²) in [6.45, 7) is 0. The first-order valence-corrected chi connectivity index (χ1v) is 6.67. The summed E-state index contributed by atoms with van der Waals surface area (Å²) in [7, 11) is 1.82. The lowest BCUT2D eigenvalue weighted by Gasteiger charge is -2.04. The highest BCUT2D eigenvalue weighted by molar-refractivity contribution is 6.30. The zero-order chi connectivity index (χ0) is 15.0. The number of benzene rings is 1. The number of nitrogens with zero attached hydrogens (tertiary/aromatic N) is 3. The topological polar surface area (TPSA) is 47.8 Å². The van der Waals surface area contributed by atoms with E-state index in [4.69, 9.17) is 11.6 Å². The highest BCUT2D eigenvalue weighted by Gasteiger charge is 2.15. The number of rotatable bonds is 3. The highest BCUT2D eigenvalue weighted by atomic mass is 35.5. The summed E-state index contributed by atoms with van der Waals surface area (Å²) in [6.07, 6.45) is 3.33. The van der Waals surface area contributed by atoms with Gasteiger partial charge in [-0.1, -0.05) is 17.7 Å². The molecule has 2 heterocycles. The number of ketones is 1. The van der Waals surface area contributed by atoms with E-state index in [0.29, 0.717) is 22.3 Å². The van der Waals surface area contributed by atoms with Crippen LogP contribution in [-0.2, 0) is 13.5 Å². The minimum atomic E-state index is -0.496. The van der Waals surface area contributed by atoms with Gasteiger partial charge in [0.05, 0.1) is 11.3 Å². The summed E-state index contributed by atoms with van der Waals surface area (Å²) in [4.78, 5) is 20.8. The molecule has 0 atom stereocenters. The third-order valence-corrected chi connectivity index (χ3v) is 3.54. The maximum Gasteiger partial charge on any atom is 0.169 e. The van der Waals surface area contributed by atoms with E-state index in [2.05, 4.69) is 9.97 Å². The number of aryl methyl sites for hydroxylation is 1. The molecule has 6 heteroatoms. The number of fused-ring (bicyclic) bond motifs is 1. The first-order valence-electron chi connectivity index (χ1n) is 6.29. The molecule has 106 valence electrons. The minimum Gasteiger partial charge on any atom is -0.318 e. The van der Waals surface area contributed by atoms with E-state index in [-0.39, 0.29) is 17.2 Å². The van der Waals surface area contributed by atoms with Crippen molar-refractivity contribution >= 4 is 28.5 Å². The number of Topliss-reactive ketones (excluding diaryl/α,β-unsaturated/α-hetero) is 1. The van der Waals surface area contributed by atoms with Crippen molar-refractivity contribution in [3.05, 3.63) is 58.8 Å². The van der Waals surface area contributed by atoms with Gasteiger partial charge in [-0.3, -0.25) is 4.79 Å². The van der Waals surface area contributed by atoms with E-state index >= 15 is 0 Å². The molecule has 0 bridgehead atoms. The van der Waals surface area contributed by atoms with Crippen LogP contribution < -0.4 is 0 Å². The van der Waals surface area contributed by atoms with Gasteiger partial charge in [0.15, 0.2) is 11.4 Å². The van der Waals surface area contributed by atoms with Gasteiger partial charge < -0.3 is 4.57 Å². The molecule has 0 aliphatic heterocycles. The number of hydrogen-bond donors (Lipinski definition) is 0. The lowest BCUT2D eigenvalue weighted by Crippen LogP contribution is -2.05. The molecule has 0 saturated carbocycles. The molecular weight excluding hydrogens is 293 g/mol. The Morgan fingerprint density at radius 3 is 2.90 bits per heavy atom. The molecule has 2 aromatic heterocycles. The van der Waals surface area contributed by atoms with Crippen molar-refractivity contribution in [1.82, 2.24) is 14.5 Å². The second-order valence-corrected chi connectivity index (χ2v) is 5.14. The van der Waals surface area contributed by atoms with Crippen LogP contribution in [0.1, 0.15) is 15.9 Å². The van der Waals surface area contributed by atoms with Crippen LogP contribution in [0.2, 0.25) is 5.02 Å².